The molecule has 1 aromatic rings. The Hall–Kier alpha value is -1.96. The molecule has 3 aliphatic rings. The summed E-state index contributed by atoms with van der Waals surface area (Å²) in [5, 5.41) is 6.94. The van der Waals surface area contributed by atoms with Crippen LogP contribution in [0.3, 0.4) is 0 Å². The molecule has 3 heterocycles. The van der Waals surface area contributed by atoms with Crippen LogP contribution < -0.4 is 10.6 Å². The number of nitrogens with zero attached hydrogens (tertiary/aromatic N) is 1. The lowest BCUT2D eigenvalue weighted by Crippen LogP contribution is -2.53. The summed E-state index contributed by atoms with van der Waals surface area (Å²) in [5.41, 5.74) is 0.855. The molecule has 2 N–H and O–H groups in total. The van der Waals surface area contributed by atoms with Gasteiger partial charge in [0.25, 0.3) is 0 Å². The standard InChI is InChI=1S/C22H28ClN3O4/c1-11(2)10-15-16-17(20(28)26(19(16)27)8-5-9-30-4)22(25-15)13-6-7-14(23)12(3)18(13)24-21(22)29/h6-7,11,15-17,25H,5,8-10H2,1-4H3,(H,24,29). The van der Waals surface area contributed by atoms with Crippen LogP contribution in [0.5, 0.6) is 0 Å². The molecule has 162 valence electrons. The summed E-state index contributed by atoms with van der Waals surface area (Å²) in [6.45, 7) is 6.76. The van der Waals surface area contributed by atoms with Crippen LogP contribution in [0.2, 0.25) is 5.02 Å². The second-order valence-corrected chi connectivity index (χ2v) is 9.32. The van der Waals surface area contributed by atoms with Gasteiger partial charge in [0, 0.05) is 36.9 Å². The number of ether oxygens (including phenoxy) is 1. The van der Waals surface area contributed by atoms with Gasteiger partial charge >= 0.3 is 0 Å². The van der Waals surface area contributed by atoms with E-state index in [1.165, 1.54) is 4.90 Å². The van der Waals surface area contributed by atoms with Crippen LogP contribution in [-0.2, 0) is 24.7 Å². The number of carbonyl (C=O) groups is 3. The zero-order valence-electron chi connectivity index (χ0n) is 17.8. The molecule has 3 amide bonds. The van der Waals surface area contributed by atoms with Gasteiger partial charge in [-0.1, -0.05) is 31.5 Å². The fourth-order valence-electron chi connectivity index (χ4n) is 5.35. The molecule has 2 fully saturated rings. The van der Waals surface area contributed by atoms with E-state index in [1.54, 1.807) is 19.2 Å². The molecule has 4 rings (SSSR count). The van der Waals surface area contributed by atoms with Crippen LogP contribution in [0.1, 0.15) is 37.8 Å². The fraction of sp³-hybridized carbons (Fsp3) is 0.591. The number of rotatable bonds is 6. The highest BCUT2D eigenvalue weighted by molar-refractivity contribution is 6.32. The maximum absolute atomic E-state index is 13.5. The first-order valence-electron chi connectivity index (χ1n) is 10.5. The summed E-state index contributed by atoms with van der Waals surface area (Å²) in [5.74, 6) is -1.78. The van der Waals surface area contributed by atoms with Crippen molar-refractivity contribution in [2.45, 2.75) is 45.2 Å². The minimum atomic E-state index is -1.25. The van der Waals surface area contributed by atoms with Crippen molar-refractivity contribution < 1.29 is 19.1 Å². The molecule has 7 nitrogen and oxygen atoms in total. The Bertz CT molecular complexity index is 918. The highest BCUT2D eigenvalue weighted by Crippen LogP contribution is 2.54. The van der Waals surface area contributed by atoms with Gasteiger partial charge in [-0.3, -0.25) is 24.6 Å². The van der Waals surface area contributed by atoms with Crippen LogP contribution in [-0.4, -0.2) is 48.9 Å². The molecule has 3 aliphatic heterocycles. The molecule has 0 bridgehead atoms. The predicted molar refractivity (Wildman–Crippen MR) is 113 cm³/mol. The number of benzene rings is 1. The van der Waals surface area contributed by atoms with Crippen LogP contribution in [0.4, 0.5) is 5.69 Å². The molecule has 1 spiro atoms. The number of methoxy groups -OCH3 is 1. The van der Waals surface area contributed by atoms with Crippen LogP contribution in [0.25, 0.3) is 0 Å². The van der Waals surface area contributed by atoms with E-state index in [2.05, 4.69) is 24.5 Å². The molecule has 4 atom stereocenters. The Labute approximate surface area is 181 Å². The Kier molecular flexibility index (Phi) is 5.41. The van der Waals surface area contributed by atoms with Gasteiger partial charge in [0.2, 0.25) is 17.7 Å². The molecule has 2 saturated heterocycles. The zero-order valence-corrected chi connectivity index (χ0v) is 18.5. The maximum Gasteiger partial charge on any atom is 0.250 e. The van der Waals surface area contributed by atoms with E-state index >= 15 is 0 Å². The first-order valence-corrected chi connectivity index (χ1v) is 10.8. The normalized spacial score (nSPS) is 29.9. The Balaban J connectivity index is 1.81. The molecule has 4 unspecified atom stereocenters. The number of carbonyl (C=O) groups excluding carboxylic acids is 3. The summed E-state index contributed by atoms with van der Waals surface area (Å²) < 4.78 is 5.08. The zero-order chi connectivity index (χ0) is 21.8. The second kappa shape index (κ2) is 7.62. The summed E-state index contributed by atoms with van der Waals surface area (Å²) in [6, 6.07) is 3.30. The first kappa shape index (κ1) is 21.3. The molecule has 0 saturated carbocycles. The molecular formula is C22H28ClN3O4. The summed E-state index contributed by atoms with van der Waals surface area (Å²) in [4.78, 5) is 41.6. The van der Waals surface area contributed by atoms with E-state index in [9.17, 15) is 14.4 Å². The van der Waals surface area contributed by atoms with Crippen molar-refractivity contribution in [3.8, 4) is 0 Å². The average molecular weight is 434 g/mol. The smallest absolute Gasteiger partial charge is 0.250 e. The van der Waals surface area contributed by atoms with Gasteiger partial charge in [0.15, 0.2) is 0 Å². The number of hydrogen-bond donors (Lipinski definition) is 2. The number of anilines is 1. The lowest BCUT2D eigenvalue weighted by Gasteiger charge is -2.30. The van der Waals surface area contributed by atoms with Gasteiger partial charge in [0.05, 0.1) is 17.5 Å². The highest BCUT2D eigenvalue weighted by atomic mass is 35.5. The number of hydrogen-bond acceptors (Lipinski definition) is 5. The van der Waals surface area contributed by atoms with Crippen molar-refractivity contribution in [3.05, 3.63) is 28.3 Å². The maximum atomic E-state index is 13.5. The van der Waals surface area contributed by atoms with E-state index in [0.29, 0.717) is 48.2 Å². The minimum absolute atomic E-state index is 0.192. The third-order valence-electron chi connectivity index (χ3n) is 6.63. The predicted octanol–water partition coefficient (Wildman–Crippen LogP) is 2.45. The van der Waals surface area contributed by atoms with E-state index in [-0.39, 0.29) is 23.8 Å². The molecule has 1 aromatic carbocycles. The molecule has 0 radical (unpaired) electrons. The third-order valence-corrected chi connectivity index (χ3v) is 7.04. The van der Waals surface area contributed by atoms with E-state index < -0.39 is 17.4 Å². The largest absolute Gasteiger partial charge is 0.385 e. The van der Waals surface area contributed by atoms with Gasteiger partial charge in [-0.05, 0) is 37.3 Å². The van der Waals surface area contributed by atoms with Gasteiger partial charge < -0.3 is 10.1 Å². The van der Waals surface area contributed by atoms with E-state index in [4.69, 9.17) is 16.3 Å². The molecule has 0 aromatic heterocycles. The number of amides is 3. The van der Waals surface area contributed by atoms with Crippen molar-refractivity contribution in [1.82, 2.24) is 10.2 Å². The van der Waals surface area contributed by atoms with Gasteiger partial charge in [-0.15, -0.1) is 0 Å². The summed E-state index contributed by atoms with van der Waals surface area (Å²) in [6.07, 6.45) is 1.27. The monoisotopic (exact) mass is 433 g/mol. The van der Waals surface area contributed by atoms with Gasteiger partial charge in [-0.25, -0.2) is 0 Å². The number of likely N-dealkylation sites (tertiary alicyclic amines) is 1. The Morgan fingerprint density at radius 3 is 2.63 bits per heavy atom. The van der Waals surface area contributed by atoms with Crippen molar-refractivity contribution in [1.29, 1.82) is 0 Å². The van der Waals surface area contributed by atoms with Crippen molar-refractivity contribution in [3.63, 3.8) is 0 Å². The minimum Gasteiger partial charge on any atom is -0.385 e. The number of halogens is 1. The summed E-state index contributed by atoms with van der Waals surface area (Å²) >= 11 is 6.28. The number of nitrogens with one attached hydrogen (secondary N) is 2. The van der Waals surface area contributed by atoms with Gasteiger partial charge in [0.1, 0.15) is 5.54 Å². The van der Waals surface area contributed by atoms with Crippen LogP contribution in [0.15, 0.2) is 12.1 Å². The van der Waals surface area contributed by atoms with Crippen molar-refractivity contribution in [2.24, 2.45) is 17.8 Å². The van der Waals surface area contributed by atoms with Crippen molar-refractivity contribution >= 4 is 35.0 Å². The Morgan fingerprint density at radius 1 is 1.23 bits per heavy atom. The highest BCUT2D eigenvalue weighted by Gasteiger charge is 2.70. The van der Waals surface area contributed by atoms with Gasteiger partial charge in [-0.2, -0.15) is 0 Å². The number of fused-ring (bicyclic) bond motifs is 4. The topological polar surface area (TPSA) is 87.7 Å². The number of imide groups is 1. The quantitative estimate of drug-likeness (QED) is 0.531. The average Bonchev–Trinajstić information content (AvgIpc) is 3.25. The first-order chi connectivity index (χ1) is 14.2. The third kappa shape index (κ3) is 2.90. The SMILES string of the molecule is COCCCN1C(=O)C2C(CC(C)C)NC3(C(=O)Nc4c3ccc(Cl)c4C)C2C1=O. The molecule has 8 heteroatoms. The van der Waals surface area contributed by atoms with E-state index in [0.717, 1.165) is 5.56 Å². The Morgan fingerprint density at radius 2 is 1.97 bits per heavy atom. The van der Waals surface area contributed by atoms with E-state index in [1.807, 2.05) is 6.92 Å². The van der Waals surface area contributed by atoms with Crippen molar-refractivity contribution in [2.75, 3.05) is 25.6 Å². The molecule has 30 heavy (non-hydrogen) atoms. The molecular weight excluding hydrogens is 406 g/mol. The van der Waals surface area contributed by atoms with Crippen LogP contribution in [0, 0.1) is 24.7 Å². The fourth-order valence-corrected chi connectivity index (χ4v) is 5.50. The van der Waals surface area contributed by atoms with Crippen LogP contribution >= 0.6 is 11.6 Å². The summed E-state index contributed by atoms with van der Waals surface area (Å²) in [7, 11) is 1.59. The molecule has 0 aliphatic carbocycles. The lowest BCUT2D eigenvalue weighted by atomic mass is 9.76. The lowest BCUT2D eigenvalue weighted by molar-refractivity contribution is -0.143. The second-order valence-electron chi connectivity index (χ2n) is 8.92.